The summed E-state index contributed by atoms with van der Waals surface area (Å²) in [6.45, 7) is 2.22. The third-order valence-corrected chi connectivity index (χ3v) is 3.36. The number of nitrogens with two attached hydrogens (primary N) is 1. The number of nitrogens with zero attached hydrogens (tertiary/aromatic N) is 1. The molecule has 0 aliphatic heterocycles. The molecule has 2 rings (SSSR count). The van der Waals surface area contributed by atoms with E-state index >= 15 is 0 Å². The molecule has 0 saturated heterocycles. The molecule has 5 heteroatoms. The van der Waals surface area contributed by atoms with Crippen molar-refractivity contribution in [1.29, 1.82) is 0 Å². The van der Waals surface area contributed by atoms with Crippen LogP contribution >= 0.6 is 11.6 Å². The number of anilines is 2. The monoisotopic (exact) mass is 292 g/mol. The van der Waals surface area contributed by atoms with Crippen LogP contribution in [0.4, 0.5) is 15.8 Å². The van der Waals surface area contributed by atoms with E-state index in [1.165, 1.54) is 23.1 Å². The molecule has 0 aromatic heterocycles. The summed E-state index contributed by atoms with van der Waals surface area (Å²) in [6.07, 6.45) is 0. The summed E-state index contributed by atoms with van der Waals surface area (Å²) < 4.78 is 13.5. The van der Waals surface area contributed by atoms with Crippen molar-refractivity contribution >= 4 is 28.9 Å². The maximum atomic E-state index is 13.5. The van der Waals surface area contributed by atoms with Crippen molar-refractivity contribution in [2.75, 3.05) is 17.2 Å². The van der Waals surface area contributed by atoms with Crippen LogP contribution in [0.1, 0.15) is 17.3 Å². The van der Waals surface area contributed by atoms with Gasteiger partial charge in [0.2, 0.25) is 0 Å². The molecular formula is C15H14ClFN2O. The summed E-state index contributed by atoms with van der Waals surface area (Å²) in [5, 5.41) is -0.176. The van der Waals surface area contributed by atoms with E-state index in [0.29, 0.717) is 17.9 Å². The standard InChI is InChI=1S/C15H14ClFN2O/c1-2-19(13-9-4-3-8-12(13)18)15(20)10-6-5-7-11(17)14(10)16/h3-9H,2,18H2,1H3. The van der Waals surface area contributed by atoms with Crippen LogP contribution < -0.4 is 10.6 Å². The Bertz CT molecular complexity index is 646. The first kappa shape index (κ1) is 14.3. The lowest BCUT2D eigenvalue weighted by Crippen LogP contribution is -2.31. The molecular weight excluding hydrogens is 279 g/mol. The average molecular weight is 293 g/mol. The molecule has 0 spiro atoms. The van der Waals surface area contributed by atoms with Crippen LogP contribution in [-0.2, 0) is 0 Å². The highest BCUT2D eigenvalue weighted by Gasteiger charge is 2.21. The first-order chi connectivity index (χ1) is 9.56. The van der Waals surface area contributed by atoms with Gasteiger partial charge in [0.15, 0.2) is 0 Å². The number of benzene rings is 2. The Labute approximate surface area is 121 Å². The molecule has 2 aromatic carbocycles. The van der Waals surface area contributed by atoms with Gasteiger partial charge in [0.1, 0.15) is 5.82 Å². The number of hydrogen-bond donors (Lipinski definition) is 1. The third kappa shape index (κ3) is 2.60. The smallest absolute Gasteiger partial charge is 0.259 e. The van der Waals surface area contributed by atoms with E-state index in [9.17, 15) is 9.18 Å². The van der Waals surface area contributed by atoms with Crippen molar-refractivity contribution in [3.8, 4) is 0 Å². The molecule has 0 bridgehead atoms. The van der Waals surface area contributed by atoms with Gasteiger partial charge in [-0.25, -0.2) is 4.39 Å². The third-order valence-electron chi connectivity index (χ3n) is 2.97. The molecule has 1 amide bonds. The van der Waals surface area contributed by atoms with E-state index in [1.807, 2.05) is 6.92 Å². The largest absolute Gasteiger partial charge is 0.397 e. The minimum Gasteiger partial charge on any atom is -0.397 e. The Balaban J connectivity index is 2.45. The van der Waals surface area contributed by atoms with Gasteiger partial charge < -0.3 is 10.6 Å². The molecule has 2 aromatic rings. The van der Waals surface area contributed by atoms with E-state index in [0.717, 1.165) is 0 Å². The normalized spacial score (nSPS) is 10.3. The fourth-order valence-electron chi connectivity index (χ4n) is 1.97. The van der Waals surface area contributed by atoms with Gasteiger partial charge in [0, 0.05) is 6.54 Å². The summed E-state index contributed by atoms with van der Waals surface area (Å²) in [6, 6.07) is 11.2. The Hall–Kier alpha value is -2.07. The number of halogens is 2. The van der Waals surface area contributed by atoms with Gasteiger partial charge in [-0.1, -0.05) is 29.8 Å². The Kier molecular flexibility index (Phi) is 4.25. The lowest BCUT2D eigenvalue weighted by molar-refractivity contribution is 0.0988. The highest BCUT2D eigenvalue weighted by Crippen LogP contribution is 2.27. The van der Waals surface area contributed by atoms with Crippen molar-refractivity contribution in [2.45, 2.75) is 6.92 Å². The highest BCUT2D eigenvalue weighted by molar-refractivity contribution is 6.34. The topological polar surface area (TPSA) is 46.3 Å². The van der Waals surface area contributed by atoms with Crippen molar-refractivity contribution in [2.24, 2.45) is 0 Å². The fraction of sp³-hybridized carbons (Fsp3) is 0.133. The molecule has 0 radical (unpaired) electrons. The summed E-state index contributed by atoms with van der Waals surface area (Å²) in [5.74, 6) is -0.996. The maximum absolute atomic E-state index is 13.5. The zero-order chi connectivity index (χ0) is 14.7. The second kappa shape index (κ2) is 5.92. The Morgan fingerprint density at radius 3 is 2.60 bits per heavy atom. The lowest BCUT2D eigenvalue weighted by atomic mass is 10.1. The average Bonchev–Trinajstić information content (AvgIpc) is 2.44. The molecule has 0 saturated carbocycles. The van der Waals surface area contributed by atoms with Crippen LogP contribution in [0.15, 0.2) is 42.5 Å². The summed E-state index contributed by atoms with van der Waals surface area (Å²) >= 11 is 5.86. The molecule has 3 nitrogen and oxygen atoms in total. The van der Waals surface area contributed by atoms with E-state index in [1.54, 1.807) is 24.3 Å². The molecule has 0 fully saturated rings. The number of amides is 1. The SMILES string of the molecule is CCN(C(=O)c1cccc(F)c1Cl)c1ccccc1N. The van der Waals surface area contributed by atoms with Crippen LogP contribution in [-0.4, -0.2) is 12.5 Å². The van der Waals surface area contributed by atoms with Gasteiger partial charge in [0.25, 0.3) is 5.91 Å². The number of carbonyl (C=O) groups excluding carboxylic acids is 1. The van der Waals surface area contributed by atoms with Crippen LogP contribution in [0.2, 0.25) is 5.02 Å². The second-order valence-electron chi connectivity index (χ2n) is 4.21. The lowest BCUT2D eigenvalue weighted by Gasteiger charge is -2.23. The van der Waals surface area contributed by atoms with Crippen LogP contribution in [0.5, 0.6) is 0 Å². The number of rotatable bonds is 3. The zero-order valence-electron chi connectivity index (χ0n) is 10.9. The van der Waals surface area contributed by atoms with E-state index < -0.39 is 5.82 Å². The van der Waals surface area contributed by atoms with Gasteiger partial charge in [-0.05, 0) is 31.2 Å². The first-order valence-electron chi connectivity index (χ1n) is 6.16. The van der Waals surface area contributed by atoms with Gasteiger partial charge in [-0.3, -0.25) is 4.79 Å². The van der Waals surface area contributed by atoms with Crippen molar-refractivity contribution < 1.29 is 9.18 Å². The molecule has 0 atom stereocenters. The molecule has 0 aliphatic rings. The Morgan fingerprint density at radius 2 is 1.95 bits per heavy atom. The number of para-hydroxylation sites is 2. The summed E-state index contributed by atoms with van der Waals surface area (Å²) in [7, 11) is 0. The predicted octanol–water partition coefficient (Wildman–Crippen LogP) is 3.73. The summed E-state index contributed by atoms with van der Waals surface area (Å²) in [4.78, 5) is 14.0. The van der Waals surface area contributed by atoms with Crippen molar-refractivity contribution in [3.63, 3.8) is 0 Å². The van der Waals surface area contributed by atoms with Gasteiger partial charge in [-0.15, -0.1) is 0 Å². The molecule has 104 valence electrons. The molecule has 0 aliphatic carbocycles. The van der Waals surface area contributed by atoms with Gasteiger partial charge in [-0.2, -0.15) is 0 Å². The highest BCUT2D eigenvalue weighted by atomic mass is 35.5. The summed E-state index contributed by atoms with van der Waals surface area (Å²) in [5.41, 5.74) is 7.07. The van der Waals surface area contributed by atoms with Gasteiger partial charge >= 0.3 is 0 Å². The van der Waals surface area contributed by atoms with E-state index in [-0.39, 0.29) is 16.5 Å². The zero-order valence-corrected chi connectivity index (χ0v) is 11.7. The maximum Gasteiger partial charge on any atom is 0.259 e. The molecule has 0 heterocycles. The minimum absolute atomic E-state index is 0.122. The second-order valence-corrected chi connectivity index (χ2v) is 4.59. The molecule has 20 heavy (non-hydrogen) atoms. The van der Waals surface area contributed by atoms with Crippen LogP contribution in [0, 0.1) is 5.82 Å². The Morgan fingerprint density at radius 1 is 1.25 bits per heavy atom. The predicted molar refractivity (Wildman–Crippen MR) is 79.6 cm³/mol. The van der Waals surface area contributed by atoms with Crippen molar-refractivity contribution in [1.82, 2.24) is 0 Å². The van der Waals surface area contributed by atoms with E-state index in [4.69, 9.17) is 17.3 Å². The first-order valence-corrected chi connectivity index (χ1v) is 6.54. The molecule has 2 N–H and O–H groups in total. The minimum atomic E-state index is -0.616. The number of carbonyl (C=O) groups is 1. The van der Waals surface area contributed by atoms with E-state index in [2.05, 4.69) is 0 Å². The molecule has 0 unspecified atom stereocenters. The fourth-order valence-corrected chi connectivity index (χ4v) is 2.18. The number of nitrogen functional groups attached to an aromatic ring is 1. The van der Waals surface area contributed by atoms with Gasteiger partial charge in [0.05, 0.1) is 22.0 Å². The quantitative estimate of drug-likeness (QED) is 0.876. The van der Waals surface area contributed by atoms with Crippen molar-refractivity contribution in [3.05, 3.63) is 58.9 Å². The van der Waals surface area contributed by atoms with Crippen LogP contribution in [0.25, 0.3) is 0 Å². The van der Waals surface area contributed by atoms with Crippen LogP contribution in [0.3, 0.4) is 0 Å². The number of hydrogen-bond acceptors (Lipinski definition) is 2.